The zero-order chi connectivity index (χ0) is 6.69. The van der Waals surface area contributed by atoms with Gasteiger partial charge >= 0.3 is 0 Å². The van der Waals surface area contributed by atoms with E-state index in [1.54, 1.807) is 0 Å². The number of halogens is 2. The molecule has 2 unspecified atom stereocenters. The van der Waals surface area contributed by atoms with Gasteiger partial charge in [-0.2, -0.15) is 0 Å². The molecule has 1 saturated carbocycles. The highest BCUT2D eigenvalue weighted by atomic mass is 35.5. The Kier molecular flexibility index (Phi) is 4.95. The van der Waals surface area contributed by atoms with E-state index in [4.69, 9.17) is 5.84 Å². The molecule has 1 rings (SSSR count). The van der Waals surface area contributed by atoms with E-state index in [0.29, 0.717) is 6.42 Å². The summed E-state index contributed by atoms with van der Waals surface area (Å²) < 4.78 is 12.5. The quantitative estimate of drug-likeness (QED) is 0.456. The smallest absolute Gasteiger partial charge is 0.102 e. The summed E-state index contributed by atoms with van der Waals surface area (Å²) >= 11 is 0. The highest BCUT2D eigenvalue weighted by molar-refractivity contribution is 5.85. The molecule has 0 saturated heterocycles. The van der Waals surface area contributed by atoms with Gasteiger partial charge in [-0.3, -0.25) is 11.3 Å². The molecule has 0 radical (unpaired) electrons. The maximum Gasteiger partial charge on any atom is 0.102 e. The van der Waals surface area contributed by atoms with Gasteiger partial charge in [-0.25, -0.2) is 4.39 Å². The van der Waals surface area contributed by atoms with E-state index in [0.717, 1.165) is 19.3 Å². The van der Waals surface area contributed by atoms with Crippen LogP contribution in [-0.2, 0) is 0 Å². The lowest BCUT2D eigenvalue weighted by atomic mass is 9.94. The van der Waals surface area contributed by atoms with Crippen molar-refractivity contribution in [3.63, 3.8) is 0 Å². The zero-order valence-corrected chi connectivity index (χ0v) is 6.66. The van der Waals surface area contributed by atoms with Crippen LogP contribution in [0.1, 0.15) is 25.7 Å². The second kappa shape index (κ2) is 4.88. The van der Waals surface area contributed by atoms with Crippen molar-refractivity contribution in [3.8, 4) is 0 Å². The Hall–Kier alpha value is 0.140. The lowest BCUT2D eigenvalue weighted by Gasteiger charge is -2.23. The fraction of sp³-hybridized carbons (Fsp3) is 1.00. The fourth-order valence-corrected chi connectivity index (χ4v) is 1.28. The molecule has 0 bridgehead atoms. The summed E-state index contributed by atoms with van der Waals surface area (Å²) in [6.07, 6.45) is 2.68. The van der Waals surface area contributed by atoms with Crippen LogP contribution in [0, 0.1) is 0 Å². The van der Waals surface area contributed by atoms with Crippen LogP contribution >= 0.6 is 12.4 Å². The number of hydrogen-bond acceptors (Lipinski definition) is 2. The molecule has 0 aliphatic heterocycles. The standard InChI is InChI=1S/C6H13FN2.ClH/c7-5-2-1-3-6(4-5)9-8;/h5-6,9H,1-4,8H2;1H. The SMILES string of the molecule is Cl.NNC1CCCC(F)C1. The van der Waals surface area contributed by atoms with E-state index in [2.05, 4.69) is 5.43 Å². The van der Waals surface area contributed by atoms with Crippen molar-refractivity contribution in [1.29, 1.82) is 0 Å². The molecule has 10 heavy (non-hydrogen) atoms. The van der Waals surface area contributed by atoms with E-state index in [1.807, 2.05) is 0 Å². The van der Waals surface area contributed by atoms with Crippen molar-refractivity contribution in [3.05, 3.63) is 0 Å². The first-order chi connectivity index (χ1) is 4.33. The Bertz CT molecular complexity index is 91.8. The average Bonchev–Trinajstić information content (AvgIpc) is 1.88. The summed E-state index contributed by atoms with van der Waals surface area (Å²) in [6.45, 7) is 0. The normalized spacial score (nSPS) is 33.0. The summed E-state index contributed by atoms with van der Waals surface area (Å²) in [5.41, 5.74) is 2.59. The van der Waals surface area contributed by atoms with Crippen LogP contribution in [0.25, 0.3) is 0 Å². The predicted octanol–water partition coefficient (Wildman–Crippen LogP) is 1.15. The highest BCUT2D eigenvalue weighted by Crippen LogP contribution is 2.19. The van der Waals surface area contributed by atoms with Crippen molar-refractivity contribution in [2.75, 3.05) is 0 Å². The van der Waals surface area contributed by atoms with Gasteiger partial charge in [0.2, 0.25) is 0 Å². The molecular formula is C6H14ClFN2. The van der Waals surface area contributed by atoms with Crippen molar-refractivity contribution >= 4 is 12.4 Å². The van der Waals surface area contributed by atoms with Crippen LogP contribution in [0.2, 0.25) is 0 Å². The molecule has 4 heteroatoms. The number of alkyl halides is 1. The third kappa shape index (κ3) is 2.82. The molecule has 1 fully saturated rings. The van der Waals surface area contributed by atoms with Crippen molar-refractivity contribution in [2.45, 2.75) is 37.9 Å². The maximum atomic E-state index is 12.5. The Labute approximate surface area is 66.7 Å². The van der Waals surface area contributed by atoms with E-state index in [1.165, 1.54) is 0 Å². The largest absolute Gasteiger partial charge is 0.271 e. The number of nitrogens with two attached hydrogens (primary N) is 1. The number of nitrogens with one attached hydrogen (secondary N) is 1. The van der Waals surface area contributed by atoms with Crippen LogP contribution in [0.5, 0.6) is 0 Å². The van der Waals surface area contributed by atoms with Crippen LogP contribution in [0.4, 0.5) is 4.39 Å². The summed E-state index contributed by atoms with van der Waals surface area (Å²) in [5.74, 6) is 5.15. The second-order valence-corrected chi connectivity index (χ2v) is 2.63. The van der Waals surface area contributed by atoms with Crippen molar-refractivity contribution in [2.24, 2.45) is 5.84 Å². The molecule has 0 heterocycles. The van der Waals surface area contributed by atoms with E-state index < -0.39 is 6.17 Å². The van der Waals surface area contributed by atoms with Crippen molar-refractivity contribution in [1.82, 2.24) is 5.43 Å². The van der Waals surface area contributed by atoms with E-state index in [9.17, 15) is 4.39 Å². The molecule has 2 atom stereocenters. The van der Waals surface area contributed by atoms with Gasteiger partial charge in [0.15, 0.2) is 0 Å². The fourth-order valence-electron chi connectivity index (χ4n) is 1.28. The summed E-state index contributed by atoms with van der Waals surface area (Å²) in [6, 6.07) is 0.216. The number of hydrazine groups is 1. The molecule has 1 aliphatic carbocycles. The minimum atomic E-state index is -0.625. The lowest BCUT2D eigenvalue weighted by Crippen LogP contribution is -2.39. The predicted molar refractivity (Wildman–Crippen MR) is 41.7 cm³/mol. The molecule has 62 valence electrons. The first kappa shape index (κ1) is 10.1. The van der Waals surface area contributed by atoms with Crippen LogP contribution in [0.3, 0.4) is 0 Å². The molecular weight excluding hydrogens is 155 g/mol. The number of hydrogen-bond donors (Lipinski definition) is 2. The first-order valence-electron chi connectivity index (χ1n) is 3.43. The minimum absolute atomic E-state index is 0. The van der Waals surface area contributed by atoms with Crippen LogP contribution in [0.15, 0.2) is 0 Å². The molecule has 0 amide bonds. The van der Waals surface area contributed by atoms with Gasteiger partial charge in [0.05, 0.1) is 0 Å². The van der Waals surface area contributed by atoms with Gasteiger partial charge in [-0.05, 0) is 25.7 Å². The summed E-state index contributed by atoms with van der Waals surface area (Å²) in [4.78, 5) is 0. The van der Waals surface area contributed by atoms with Gasteiger partial charge in [-0.1, -0.05) is 0 Å². The number of rotatable bonds is 1. The average molecular weight is 169 g/mol. The molecule has 2 nitrogen and oxygen atoms in total. The third-order valence-electron chi connectivity index (χ3n) is 1.85. The summed E-state index contributed by atoms with van der Waals surface area (Å²) in [7, 11) is 0. The van der Waals surface area contributed by atoms with Gasteiger partial charge in [0.1, 0.15) is 6.17 Å². The van der Waals surface area contributed by atoms with Crippen molar-refractivity contribution < 1.29 is 4.39 Å². The van der Waals surface area contributed by atoms with Gasteiger partial charge in [-0.15, -0.1) is 12.4 Å². The molecule has 3 N–H and O–H groups in total. The van der Waals surface area contributed by atoms with Gasteiger partial charge in [0, 0.05) is 6.04 Å². The molecule has 0 aromatic carbocycles. The summed E-state index contributed by atoms with van der Waals surface area (Å²) in [5, 5.41) is 0. The van der Waals surface area contributed by atoms with E-state index >= 15 is 0 Å². The Morgan fingerprint density at radius 1 is 1.40 bits per heavy atom. The van der Waals surface area contributed by atoms with E-state index in [-0.39, 0.29) is 18.4 Å². The monoisotopic (exact) mass is 168 g/mol. The van der Waals surface area contributed by atoms with Crippen LogP contribution < -0.4 is 11.3 Å². The third-order valence-corrected chi connectivity index (χ3v) is 1.85. The molecule has 0 spiro atoms. The molecule has 0 aromatic rings. The molecule has 1 aliphatic rings. The first-order valence-corrected chi connectivity index (χ1v) is 3.43. The van der Waals surface area contributed by atoms with Crippen LogP contribution in [-0.4, -0.2) is 12.2 Å². The topological polar surface area (TPSA) is 38.0 Å². The Balaban J connectivity index is 0.000000810. The Morgan fingerprint density at radius 2 is 2.10 bits per heavy atom. The van der Waals surface area contributed by atoms with Gasteiger partial charge < -0.3 is 0 Å². The molecule has 0 aromatic heterocycles. The van der Waals surface area contributed by atoms with Gasteiger partial charge in [0.25, 0.3) is 0 Å². The lowest BCUT2D eigenvalue weighted by molar-refractivity contribution is 0.214. The Morgan fingerprint density at radius 3 is 2.50 bits per heavy atom. The zero-order valence-electron chi connectivity index (χ0n) is 5.85. The minimum Gasteiger partial charge on any atom is -0.271 e. The maximum absolute atomic E-state index is 12.5. The second-order valence-electron chi connectivity index (χ2n) is 2.63. The highest BCUT2D eigenvalue weighted by Gasteiger charge is 2.19.